The third-order valence-corrected chi connectivity index (χ3v) is 3.96. The Hall–Kier alpha value is -0.380. The molecule has 1 aliphatic rings. The molecule has 17 heavy (non-hydrogen) atoms. The van der Waals surface area contributed by atoms with Crippen molar-refractivity contribution in [3.05, 3.63) is 34.3 Å². The van der Waals surface area contributed by atoms with Crippen molar-refractivity contribution in [2.45, 2.75) is 44.3 Å². The molecule has 3 unspecified atom stereocenters. The van der Waals surface area contributed by atoms with E-state index in [9.17, 15) is 5.11 Å². The zero-order chi connectivity index (χ0) is 12.3. The number of rotatable bonds is 4. The van der Waals surface area contributed by atoms with E-state index in [-0.39, 0.29) is 12.5 Å². The summed E-state index contributed by atoms with van der Waals surface area (Å²) in [6, 6.07) is 8.19. The van der Waals surface area contributed by atoms with Crippen LogP contribution in [0.15, 0.2) is 28.7 Å². The molecule has 1 saturated heterocycles. The Kier molecular flexibility index (Phi) is 4.60. The highest BCUT2D eigenvalue weighted by Gasteiger charge is 2.25. The zero-order valence-corrected chi connectivity index (χ0v) is 11.7. The van der Waals surface area contributed by atoms with Crippen molar-refractivity contribution in [2.24, 2.45) is 0 Å². The highest BCUT2D eigenvalue weighted by atomic mass is 79.9. The second-order valence-corrected chi connectivity index (χ2v) is 5.73. The minimum absolute atomic E-state index is 0.190. The molecule has 94 valence electrons. The first-order valence-corrected chi connectivity index (χ1v) is 7.00. The number of halogens is 1. The van der Waals surface area contributed by atoms with Gasteiger partial charge in [0.15, 0.2) is 0 Å². The lowest BCUT2D eigenvalue weighted by Crippen LogP contribution is -2.15. The van der Waals surface area contributed by atoms with Crippen LogP contribution < -0.4 is 0 Å². The Morgan fingerprint density at radius 3 is 2.59 bits per heavy atom. The van der Waals surface area contributed by atoms with Crippen LogP contribution in [0.5, 0.6) is 0 Å². The summed E-state index contributed by atoms with van der Waals surface area (Å²) in [4.78, 5) is 0. The van der Waals surface area contributed by atoms with Crippen molar-refractivity contribution in [1.82, 2.24) is 0 Å². The van der Waals surface area contributed by atoms with Gasteiger partial charge in [-0.05, 0) is 43.9 Å². The molecule has 0 saturated carbocycles. The van der Waals surface area contributed by atoms with Crippen molar-refractivity contribution in [3.8, 4) is 0 Å². The minimum atomic E-state index is 0.190. The summed E-state index contributed by atoms with van der Waals surface area (Å²) >= 11 is 3.43. The smallest absolute Gasteiger partial charge is 0.0586 e. The fraction of sp³-hybridized carbons (Fsp3) is 0.571. The van der Waals surface area contributed by atoms with E-state index in [1.54, 1.807) is 0 Å². The summed E-state index contributed by atoms with van der Waals surface area (Å²) in [7, 11) is 0. The van der Waals surface area contributed by atoms with E-state index >= 15 is 0 Å². The van der Waals surface area contributed by atoms with Crippen LogP contribution in [0.4, 0.5) is 0 Å². The number of hydrogen-bond donors (Lipinski definition) is 1. The molecule has 3 atom stereocenters. The predicted molar refractivity (Wildman–Crippen MR) is 72.2 cm³/mol. The van der Waals surface area contributed by atoms with Crippen molar-refractivity contribution in [3.63, 3.8) is 0 Å². The molecule has 2 nitrogen and oxygen atoms in total. The Balaban J connectivity index is 1.98. The van der Waals surface area contributed by atoms with Gasteiger partial charge in [-0.3, -0.25) is 0 Å². The first kappa shape index (κ1) is 13.1. The third-order valence-electron chi connectivity index (χ3n) is 3.43. The van der Waals surface area contributed by atoms with Crippen LogP contribution in [0, 0.1) is 0 Å². The van der Waals surface area contributed by atoms with Gasteiger partial charge in [-0.2, -0.15) is 0 Å². The first-order valence-electron chi connectivity index (χ1n) is 6.21. The average molecular weight is 299 g/mol. The van der Waals surface area contributed by atoms with Gasteiger partial charge in [0.05, 0.1) is 18.8 Å². The molecule has 0 aliphatic carbocycles. The average Bonchev–Trinajstić information content (AvgIpc) is 2.73. The fourth-order valence-corrected chi connectivity index (χ4v) is 2.69. The van der Waals surface area contributed by atoms with Crippen molar-refractivity contribution in [2.75, 3.05) is 6.61 Å². The summed E-state index contributed by atoms with van der Waals surface area (Å²) < 4.78 is 6.89. The Labute approximate surface area is 111 Å². The van der Waals surface area contributed by atoms with Crippen LogP contribution >= 0.6 is 15.9 Å². The summed E-state index contributed by atoms with van der Waals surface area (Å²) in [5.74, 6) is 0.193. The third kappa shape index (κ3) is 3.54. The normalized spacial score (nSPS) is 26.1. The fourth-order valence-electron chi connectivity index (χ4n) is 2.43. The van der Waals surface area contributed by atoms with Crippen LogP contribution in [0.2, 0.25) is 0 Å². The van der Waals surface area contributed by atoms with Gasteiger partial charge in [0.25, 0.3) is 0 Å². The van der Waals surface area contributed by atoms with E-state index in [4.69, 9.17) is 4.74 Å². The van der Waals surface area contributed by atoms with Crippen LogP contribution in [0.1, 0.15) is 37.7 Å². The Morgan fingerprint density at radius 1 is 1.35 bits per heavy atom. The van der Waals surface area contributed by atoms with Crippen molar-refractivity contribution < 1.29 is 9.84 Å². The molecule has 0 aromatic heterocycles. The van der Waals surface area contributed by atoms with Crippen molar-refractivity contribution >= 4 is 15.9 Å². The summed E-state index contributed by atoms with van der Waals surface area (Å²) in [5.41, 5.74) is 1.19. The topological polar surface area (TPSA) is 29.5 Å². The van der Waals surface area contributed by atoms with Gasteiger partial charge in [-0.25, -0.2) is 0 Å². The molecule has 1 N–H and O–H groups in total. The molecule has 0 radical (unpaired) electrons. The first-order chi connectivity index (χ1) is 8.19. The maximum atomic E-state index is 9.51. The van der Waals surface area contributed by atoms with E-state index in [1.165, 1.54) is 5.56 Å². The predicted octanol–water partition coefficient (Wildman–Crippen LogP) is 3.48. The van der Waals surface area contributed by atoms with Gasteiger partial charge in [0, 0.05) is 10.4 Å². The number of aliphatic hydroxyl groups excluding tert-OH is 1. The lowest BCUT2D eigenvalue weighted by atomic mass is 9.93. The van der Waals surface area contributed by atoms with Crippen LogP contribution in [-0.4, -0.2) is 23.9 Å². The summed E-state index contributed by atoms with van der Waals surface area (Å²) in [5, 5.41) is 9.51. The molecule has 1 aliphatic heterocycles. The maximum absolute atomic E-state index is 9.51. The van der Waals surface area contributed by atoms with Crippen LogP contribution in [-0.2, 0) is 4.74 Å². The molecule has 2 rings (SSSR count). The molecular weight excluding hydrogens is 280 g/mol. The van der Waals surface area contributed by atoms with Crippen molar-refractivity contribution in [1.29, 1.82) is 0 Å². The standard InChI is InChI=1S/C14H19BrO2/c1-10-2-7-14(17-10)8-12(9-16)11-3-5-13(15)6-4-11/h3-6,10,12,14,16H,2,7-9H2,1H3. The quantitative estimate of drug-likeness (QED) is 0.922. The molecule has 0 amide bonds. The van der Waals surface area contributed by atoms with Crippen LogP contribution in [0.3, 0.4) is 0 Å². The van der Waals surface area contributed by atoms with E-state index in [2.05, 4.69) is 35.0 Å². The SMILES string of the molecule is CC1CCC(CC(CO)c2ccc(Br)cc2)O1. The zero-order valence-electron chi connectivity index (χ0n) is 10.1. The summed E-state index contributed by atoms with van der Waals surface area (Å²) in [6.45, 7) is 2.31. The molecule has 1 fully saturated rings. The summed E-state index contributed by atoms with van der Waals surface area (Å²) in [6.07, 6.45) is 3.87. The lowest BCUT2D eigenvalue weighted by Gasteiger charge is -2.19. The Bertz CT molecular complexity index is 350. The monoisotopic (exact) mass is 298 g/mol. The number of benzene rings is 1. The van der Waals surface area contributed by atoms with Gasteiger partial charge in [0.1, 0.15) is 0 Å². The van der Waals surface area contributed by atoms with E-state index in [1.807, 2.05) is 12.1 Å². The van der Waals surface area contributed by atoms with E-state index in [0.29, 0.717) is 12.2 Å². The van der Waals surface area contributed by atoms with Crippen LogP contribution in [0.25, 0.3) is 0 Å². The molecule has 0 spiro atoms. The van der Waals surface area contributed by atoms with E-state index in [0.717, 1.165) is 23.7 Å². The molecular formula is C14H19BrO2. The minimum Gasteiger partial charge on any atom is -0.396 e. The number of ether oxygens (including phenoxy) is 1. The van der Waals surface area contributed by atoms with Gasteiger partial charge in [0.2, 0.25) is 0 Å². The Morgan fingerprint density at radius 2 is 2.06 bits per heavy atom. The highest BCUT2D eigenvalue weighted by Crippen LogP contribution is 2.29. The van der Waals surface area contributed by atoms with Gasteiger partial charge in [-0.15, -0.1) is 0 Å². The second-order valence-electron chi connectivity index (χ2n) is 4.81. The molecule has 3 heteroatoms. The van der Waals surface area contributed by atoms with Gasteiger partial charge < -0.3 is 9.84 Å². The molecule has 1 aromatic carbocycles. The molecule has 1 heterocycles. The van der Waals surface area contributed by atoms with E-state index < -0.39 is 0 Å². The lowest BCUT2D eigenvalue weighted by molar-refractivity contribution is 0.0423. The largest absolute Gasteiger partial charge is 0.396 e. The second kappa shape index (κ2) is 5.98. The maximum Gasteiger partial charge on any atom is 0.0586 e. The molecule has 0 bridgehead atoms. The molecule has 1 aromatic rings. The number of hydrogen-bond acceptors (Lipinski definition) is 2. The highest BCUT2D eigenvalue weighted by molar-refractivity contribution is 9.10. The van der Waals surface area contributed by atoms with Gasteiger partial charge in [-0.1, -0.05) is 28.1 Å². The van der Waals surface area contributed by atoms with Gasteiger partial charge >= 0.3 is 0 Å². The number of aliphatic hydroxyl groups is 1.